The lowest BCUT2D eigenvalue weighted by molar-refractivity contribution is -0.172. The maximum absolute atomic E-state index is 6.05. The fourth-order valence-electron chi connectivity index (χ4n) is 6.11. The number of benzene rings is 2. The van der Waals surface area contributed by atoms with Crippen LogP contribution in [-0.2, 0) is 9.47 Å². The lowest BCUT2D eigenvalue weighted by Gasteiger charge is -2.44. The van der Waals surface area contributed by atoms with Gasteiger partial charge in [0.05, 0.1) is 37.6 Å². The molecule has 0 amide bonds. The lowest BCUT2D eigenvalue weighted by atomic mass is 9.79. The van der Waals surface area contributed by atoms with Crippen LogP contribution in [0.15, 0.2) is 48.5 Å². The minimum absolute atomic E-state index is 0.247. The molecule has 4 fully saturated rings. The molecule has 2 heterocycles. The minimum atomic E-state index is 0.247. The second kappa shape index (κ2) is 11.4. The van der Waals surface area contributed by atoms with Crippen molar-refractivity contribution >= 4 is 0 Å². The van der Waals surface area contributed by atoms with Crippen LogP contribution in [0.4, 0.5) is 0 Å². The van der Waals surface area contributed by atoms with Crippen LogP contribution < -0.4 is 9.47 Å². The molecule has 2 aliphatic heterocycles. The Bertz CT molecular complexity index is 982. The van der Waals surface area contributed by atoms with Gasteiger partial charge in [0, 0.05) is 10.8 Å². The van der Waals surface area contributed by atoms with Crippen molar-refractivity contribution in [1.82, 2.24) is 0 Å². The lowest BCUT2D eigenvalue weighted by Crippen LogP contribution is -2.40. The van der Waals surface area contributed by atoms with E-state index in [4.69, 9.17) is 18.9 Å². The van der Waals surface area contributed by atoms with Crippen molar-refractivity contribution in [3.63, 3.8) is 0 Å². The standard InChI is InChI=1S/C17H24O2.C16H22O2/c1-17(2)12-18-16(17)13-8-10-15(11-9-13)19-14-6-4-3-5-7-14;1-16(2)11-17-15(16)12-7-9-14(10-8-12)18-13-5-3-4-6-13/h8-11,14,16H,3-7,12H2,1-2H3;7-10,13,15H,3-6,11H2,1-2H3. The van der Waals surface area contributed by atoms with Crippen LogP contribution in [0.25, 0.3) is 0 Å². The molecule has 2 saturated heterocycles. The maximum Gasteiger partial charge on any atom is 0.119 e. The Balaban J connectivity index is 0.000000152. The summed E-state index contributed by atoms with van der Waals surface area (Å²) in [4.78, 5) is 0. The fraction of sp³-hybridized carbons (Fsp3) is 0.636. The molecule has 2 unspecified atom stereocenters. The summed E-state index contributed by atoms with van der Waals surface area (Å²) in [5, 5.41) is 0. The number of rotatable bonds is 6. The first-order valence-corrected chi connectivity index (χ1v) is 14.6. The van der Waals surface area contributed by atoms with Crippen molar-refractivity contribution in [3.05, 3.63) is 59.7 Å². The molecule has 2 atom stereocenters. The van der Waals surface area contributed by atoms with Gasteiger partial charge < -0.3 is 18.9 Å². The summed E-state index contributed by atoms with van der Waals surface area (Å²) in [5.74, 6) is 2.01. The fourth-order valence-corrected chi connectivity index (χ4v) is 6.11. The Kier molecular flexibility index (Phi) is 8.16. The molecule has 4 heteroatoms. The van der Waals surface area contributed by atoms with E-state index in [2.05, 4.69) is 76.2 Å². The van der Waals surface area contributed by atoms with Crippen LogP contribution >= 0.6 is 0 Å². The second-order valence-electron chi connectivity index (χ2n) is 12.9. The molecule has 0 bridgehead atoms. The highest BCUT2D eigenvalue weighted by atomic mass is 16.5. The van der Waals surface area contributed by atoms with Crippen molar-refractivity contribution in [2.75, 3.05) is 13.2 Å². The van der Waals surface area contributed by atoms with E-state index in [1.165, 1.54) is 68.9 Å². The Morgan fingerprint density at radius 3 is 1.19 bits per heavy atom. The normalized spacial score (nSPS) is 26.8. The zero-order valence-corrected chi connectivity index (χ0v) is 23.3. The van der Waals surface area contributed by atoms with E-state index in [9.17, 15) is 0 Å². The third-order valence-electron chi connectivity index (χ3n) is 8.49. The molecular formula is C33H46O4. The van der Waals surface area contributed by atoms with Gasteiger partial charge in [-0.2, -0.15) is 0 Å². The molecule has 2 aliphatic carbocycles. The van der Waals surface area contributed by atoms with Gasteiger partial charge in [-0.3, -0.25) is 0 Å². The Labute approximate surface area is 224 Å². The van der Waals surface area contributed by atoms with Gasteiger partial charge in [0.2, 0.25) is 0 Å². The molecule has 0 spiro atoms. The van der Waals surface area contributed by atoms with E-state index >= 15 is 0 Å². The van der Waals surface area contributed by atoms with Gasteiger partial charge >= 0.3 is 0 Å². The number of hydrogen-bond acceptors (Lipinski definition) is 4. The zero-order valence-electron chi connectivity index (χ0n) is 23.3. The first-order valence-electron chi connectivity index (χ1n) is 14.6. The molecule has 6 rings (SSSR count). The van der Waals surface area contributed by atoms with Crippen LogP contribution in [0.1, 0.15) is 109 Å². The molecule has 2 aromatic carbocycles. The SMILES string of the molecule is CC1(C)COC1c1ccc(OC2CCCC2)cc1.CC1(C)COC1c1ccc(OC2CCCCC2)cc1. The number of ether oxygens (including phenoxy) is 4. The van der Waals surface area contributed by atoms with Crippen molar-refractivity contribution in [2.24, 2.45) is 10.8 Å². The van der Waals surface area contributed by atoms with Crippen LogP contribution in [0, 0.1) is 10.8 Å². The summed E-state index contributed by atoms with van der Waals surface area (Å²) in [6, 6.07) is 17.0. The van der Waals surface area contributed by atoms with Gasteiger partial charge in [0.25, 0.3) is 0 Å². The first-order chi connectivity index (χ1) is 17.8. The highest BCUT2D eigenvalue weighted by Gasteiger charge is 2.41. The van der Waals surface area contributed by atoms with Gasteiger partial charge in [-0.25, -0.2) is 0 Å². The third kappa shape index (κ3) is 6.52. The molecule has 4 nitrogen and oxygen atoms in total. The van der Waals surface area contributed by atoms with E-state index in [-0.39, 0.29) is 23.0 Å². The van der Waals surface area contributed by atoms with Gasteiger partial charge in [0.1, 0.15) is 11.5 Å². The summed E-state index contributed by atoms with van der Waals surface area (Å²) in [5.41, 5.74) is 3.08. The van der Waals surface area contributed by atoms with Crippen LogP contribution in [-0.4, -0.2) is 25.4 Å². The van der Waals surface area contributed by atoms with E-state index in [0.29, 0.717) is 12.2 Å². The van der Waals surface area contributed by atoms with Crippen LogP contribution in [0.3, 0.4) is 0 Å². The summed E-state index contributed by atoms with van der Waals surface area (Å²) < 4.78 is 23.4. The number of hydrogen-bond donors (Lipinski definition) is 0. The van der Waals surface area contributed by atoms with Crippen molar-refractivity contribution in [2.45, 2.75) is 110 Å². The summed E-state index contributed by atoms with van der Waals surface area (Å²) in [7, 11) is 0. The molecular weight excluding hydrogens is 460 g/mol. The molecule has 0 aromatic heterocycles. The third-order valence-corrected chi connectivity index (χ3v) is 8.49. The largest absolute Gasteiger partial charge is 0.490 e. The van der Waals surface area contributed by atoms with Gasteiger partial charge in [-0.15, -0.1) is 0 Å². The summed E-state index contributed by atoms with van der Waals surface area (Å²) >= 11 is 0. The quantitative estimate of drug-likeness (QED) is 0.393. The Morgan fingerprint density at radius 2 is 0.892 bits per heavy atom. The molecule has 0 radical (unpaired) electrons. The summed E-state index contributed by atoms with van der Waals surface area (Å²) in [6.07, 6.45) is 12.8. The smallest absolute Gasteiger partial charge is 0.119 e. The molecule has 4 aliphatic rings. The van der Waals surface area contributed by atoms with E-state index in [0.717, 1.165) is 24.7 Å². The minimum Gasteiger partial charge on any atom is -0.490 e. The average molecular weight is 507 g/mol. The summed E-state index contributed by atoms with van der Waals surface area (Å²) in [6.45, 7) is 10.7. The van der Waals surface area contributed by atoms with Crippen molar-refractivity contribution < 1.29 is 18.9 Å². The first kappa shape index (κ1) is 26.6. The van der Waals surface area contributed by atoms with Crippen LogP contribution in [0.5, 0.6) is 11.5 Å². The molecule has 37 heavy (non-hydrogen) atoms. The topological polar surface area (TPSA) is 36.9 Å². The van der Waals surface area contributed by atoms with E-state index in [1.54, 1.807) is 0 Å². The maximum atomic E-state index is 6.05. The average Bonchev–Trinajstić information content (AvgIpc) is 3.39. The highest BCUT2D eigenvalue weighted by Crippen LogP contribution is 2.46. The second-order valence-corrected chi connectivity index (χ2v) is 12.9. The monoisotopic (exact) mass is 506 g/mol. The zero-order chi connectivity index (χ0) is 25.9. The van der Waals surface area contributed by atoms with Crippen molar-refractivity contribution in [3.8, 4) is 11.5 Å². The van der Waals surface area contributed by atoms with Crippen LogP contribution in [0.2, 0.25) is 0 Å². The Hall–Kier alpha value is -2.04. The van der Waals surface area contributed by atoms with Gasteiger partial charge in [-0.1, -0.05) is 58.4 Å². The van der Waals surface area contributed by atoms with E-state index in [1.807, 2.05) is 0 Å². The molecule has 0 N–H and O–H groups in total. The van der Waals surface area contributed by atoms with Crippen molar-refractivity contribution in [1.29, 1.82) is 0 Å². The molecule has 202 valence electrons. The Morgan fingerprint density at radius 1 is 0.541 bits per heavy atom. The predicted molar refractivity (Wildman–Crippen MR) is 148 cm³/mol. The molecule has 2 aromatic rings. The van der Waals surface area contributed by atoms with Gasteiger partial charge in [0.15, 0.2) is 0 Å². The predicted octanol–water partition coefficient (Wildman–Crippen LogP) is 8.60. The van der Waals surface area contributed by atoms with Gasteiger partial charge in [-0.05, 0) is 86.8 Å². The van der Waals surface area contributed by atoms with E-state index < -0.39 is 0 Å². The molecule has 2 saturated carbocycles. The highest BCUT2D eigenvalue weighted by molar-refractivity contribution is 5.31.